The van der Waals surface area contributed by atoms with Crippen LogP contribution in [0.1, 0.15) is 11.1 Å². The number of rotatable bonds is 7. The summed E-state index contributed by atoms with van der Waals surface area (Å²) in [5.74, 6) is 1.55. The van der Waals surface area contributed by atoms with Crippen LogP contribution < -0.4 is 15.4 Å². The highest BCUT2D eigenvalue weighted by Gasteiger charge is 2.04. The van der Waals surface area contributed by atoms with E-state index in [1.165, 1.54) is 12.1 Å². The van der Waals surface area contributed by atoms with E-state index in [0.29, 0.717) is 24.9 Å². The van der Waals surface area contributed by atoms with Crippen molar-refractivity contribution in [3.8, 4) is 5.75 Å². The Kier molecular flexibility index (Phi) is 5.36. The Bertz CT molecular complexity index is 826. The molecule has 7 heteroatoms. The van der Waals surface area contributed by atoms with Crippen molar-refractivity contribution in [1.82, 2.24) is 15.2 Å². The van der Waals surface area contributed by atoms with Gasteiger partial charge in [0.15, 0.2) is 5.82 Å². The number of anilines is 2. The van der Waals surface area contributed by atoms with Crippen molar-refractivity contribution in [3.05, 3.63) is 71.7 Å². The van der Waals surface area contributed by atoms with Gasteiger partial charge in [0.25, 0.3) is 0 Å². The molecule has 0 spiro atoms. The SMILES string of the molecule is COc1ccccc1CNc1cnnc(NCc2ccc(F)cc2)n1. The Morgan fingerprint density at radius 3 is 2.60 bits per heavy atom. The second-order valence-electron chi connectivity index (χ2n) is 5.31. The summed E-state index contributed by atoms with van der Waals surface area (Å²) in [5, 5.41) is 14.2. The van der Waals surface area contributed by atoms with Gasteiger partial charge in [0.05, 0.1) is 13.3 Å². The first-order chi connectivity index (χ1) is 12.2. The number of methoxy groups -OCH3 is 1. The Labute approximate surface area is 145 Å². The first-order valence-electron chi connectivity index (χ1n) is 7.78. The van der Waals surface area contributed by atoms with E-state index < -0.39 is 0 Å². The number of aromatic nitrogens is 3. The number of nitrogens with one attached hydrogen (secondary N) is 2. The number of hydrogen-bond donors (Lipinski definition) is 2. The molecule has 3 rings (SSSR count). The quantitative estimate of drug-likeness (QED) is 0.688. The van der Waals surface area contributed by atoms with Gasteiger partial charge in [-0.05, 0) is 23.8 Å². The summed E-state index contributed by atoms with van der Waals surface area (Å²) >= 11 is 0. The molecule has 0 radical (unpaired) electrons. The Morgan fingerprint density at radius 2 is 1.80 bits per heavy atom. The summed E-state index contributed by atoms with van der Waals surface area (Å²) < 4.78 is 18.2. The van der Waals surface area contributed by atoms with Crippen LogP contribution in [0.2, 0.25) is 0 Å². The topological polar surface area (TPSA) is 72.0 Å². The van der Waals surface area contributed by atoms with E-state index in [1.807, 2.05) is 24.3 Å². The summed E-state index contributed by atoms with van der Waals surface area (Å²) in [5.41, 5.74) is 1.95. The van der Waals surface area contributed by atoms with Crippen LogP contribution in [0.5, 0.6) is 5.75 Å². The maximum atomic E-state index is 12.9. The van der Waals surface area contributed by atoms with Gasteiger partial charge in [-0.1, -0.05) is 30.3 Å². The standard InChI is InChI=1S/C18H18FN5O/c1-25-16-5-3-2-4-14(16)11-20-17-12-22-24-18(23-17)21-10-13-6-8-15(19)9-7-13/h2-9,12H,10-11H2,1H3,(H2,20,21,23,24). The van der Waals surface area contributed by atoms with Gasteiger partial charge < -0.3 is 15.4 Å². The Hall–Kier alpha value is -3.22. The van der Waals surface area contributed by atoms with Crippen LogP contribution in [-0.2, 0) is 13.1 Å². The van der Waals surface area contributed by atoms with Crippen LogP contribution in [-0.4, -0.2) is 22.3 Å². The second-order valence-corrected chi connectivity index (χ2v) is 5.31. The third kappa shape index (κ3) is 4.63. The fraction of sp³-hybridized carbons (Fsp3) is 0.167. The van der Waals surface area contributed by atoms with Crippen molar-refractivity contribution < 1.29 is 9.13 Å². The minimum atomic E-state index is -0.260. The molecule has 3 aromatic rings. The monoisotopic (exact) mass is 339 g/mol. The van der Waals surface area contributed by atoms with E-state index in [1.54, 1.807) is 25.4 Å². The molecule has 0 unspecified atom stereocenters. The van der Waals surface area contributed by atoms with Crippen molar-refractivity contribution in [2.24, 2.45) is 0 Å². The minimum Gasteiger partial charge on any atom is -0.496 e. The van der Waals surface area contributed by atoms with Gasteiger partial charge in [0, 0.05) is 18.7 Å². The summed E-state index contributed by atoms with van der Waals surface area (Å²) in [7, 11) is 1.64. The van der Waals surface area contributed by atoms with Crippen molar-refractivity contribution in [3.63, 3.8) is 0 Å². The van der Waals surface area contributed by atoms with Crippen molar-refractivity contribution >= 4 is 11.8 Å². The molecule has 0 saturated carbocycles. The molecule has 25 heavy (non-hydrogen) atoms. The van der Waals surface area contributed by atoms with Gasteiger partial charge in [0.1, 0.15) is 11.6 Å². The molecule has 2 N–H and O–H groups in total. The minimum absolute atomic E-state index is 0.260. The van der Waals surface area contributed by atoms with Gasteiger partial charge in [-0.3, -0.25) is 0 Å². The molecule has 0 amide bonds. The van der Waals surface area contributed by atoms with Gasteiger partial charge in [0.2, 0.25) is 5.95 Å². The van der Waals surface area contributed by atoms with E-state index >= 15 is 0 Å². The summed E-state index contributed by atoms with van der Waals surface area (Å²) in [6.45, 7) is 1.04. The van der Waals surface area contributed by atoms with Crippen LogP contribution in [0.3, 0.4) is 0 Å². The van der Waals surface area contributed by atoms with Gasteiger partial charge in [-0.15, -0.1) is 5.10 Å². The van der Waals surface area contributed by atoms with E-state index in [-0.39, 0.29) is 5.82 Å². The lowest BCUT2D eigenvalue weighted by Gasteiger charge is -2.10. The lowest BCUT2D eigenvalue weighted by molar-refractivity contribution is 0.410. The van der Waals surface area contributed by atoms with Gasteiger partial charge >= 0.3 is 0 Å². The number of hydrogen-bond acceptors (Lipinski definition) is 6. The lowest BCUT2D eigenvalue weighted by atomic mass is 10.2. The van der Waals surface area contributed by atoms with Crippen LogP contribution in [0.15, 0.2) is 54.7 Å². The van der Waals surface area contributed by atoms with E-state index in [2.05, 4.69) is 25.8 Å². The summed E-state index contributed by atoms with van der Waals surface area (Å²) in [6.07, 6.45) is 1.55. The molecule has 0 atom stereocenters. The maximum Gasteiger partial charge on any atom is 0.244 e. The first kappa shape index (κ1) is 16.6. The zero-order chi connectivity index (χ0) is 17.5. The average molecular weight is 339 g/mol. The number of para-hydroxylation sites is 1. The molecule has 6 nitrogen and oxygen atoms in total. The highest BCUT2D eigenvalue weighted by Crippen LogP contribution is 2.18. The third-order valence-corrected chi connectivity index (χ3v) is 3.58. The average Bonchev–Trinajstić information content (AvgIpc) is 2.66. The Balaban J connectivity index is 1.60. The van der Waals surface area contributed by atoms with Gasteiger partial charge in [-0.25, -0.2) is 4.39 Å². The lowest BCUT2D eigenvalue weighted by Crippen LogP contribution is -2.08. The maximum absolute atomic E-state index is 12.9. The molecule has 0 bridgehead atoms. The molecule has 0 saturated heterocycles. The highest BCUT2D eigenvalue weighted by molar-refractivity contribution is 5.41. The normalized spacial score (nSPS) is 10.3. The van der Waals surface area contributed by atoms with Crippen molar-refractivity contribution in [2.75, 3.05) is 17.7 Å². The summed E-state index contributed by atoms with van der Waals surface area (Å²) in [6, 6.07) is 14.0. The van der Waals surface area contributed by atoms with Crippen LogP contribution in [0.4, 0.5) is 16.2 Å². The molecule has 0 fully saturated rings. The predicted octanol–water partition coefficient (Wildman–Crippen LogP) is 3.24. The third-order valence-electron chi connectivity index (χ3n) is 3.58. The zero-order valence-corrected chi connectivity index (χ0v) is 13.7. The van der Waals surface area contributed by atoms with E-state index in [4.69, 9.17) is 4.74 Å². The van der Waals surface area contributed by atoms with Crippen molar-refractivity contribution in [2.45, 2.75) is 13.1 Å². The molecular formula is C18H18FN5O. The zero-order valence-electron chi connectivity index (χ0n) is 13.7. The van der Waals surface area contributed by atoms with Crippen LogP contribution in [0, 0.1) is 5.82 Å². The molecular weight excluding hydrogens is 321 g/mol. The fourth-order valence-electron chi connectivity index (χ4n) is 2.28. The highest BCUT2D eigenvalue weighted by atomic mass is 19.1. The van der Waals surface area contributed by atoms with E-state index in [9.17, 15) is 4.39 Å². The second kappa shape index (κ2) is 8.05. The predicted molar refractivity (Wildman–Crippen MR) is 93.9 cm³/mol. The first-order valence-corrected chi connectivity index (χ1v) is 7.78. The van der Waals surface area contributed by atoms with Crippen LogP contribution >= 0.6 is 0 Å². The molecule has 1 heterocycles. The molecule has 1 aromatic heterocycles. The van der Waals surface area contributed by atoms with Crippen molar-refractivity contribution in [1.29, 1.82) is 0 Å². The molecule has 0 aliphatic rings. The van der Waals surface area contributed by atoms with Gasteiger partial charge in [-0.2, -0.15) is 10.1 Å². The Morgan fingerprint density at radius 1 is 1.00 bits per heavy atom. The molecule has 2 aromatic carbocycles. The summed E-state index contributed by atoms with van der Waals surface area (Å²) in [4.78, 5) is 4.37. The van der Waals surface area contributed by atoms with E-state index in [0.717, 1.165) is 16.9 Å². The number of nitrogens with zero attached hydrogens (tertiary/aromatic N) is 3. The molecule has 128 valence electrons. The largest absolute Gasteiger partial charge is 0.496 e. The number of benzene rings is 2. The fourth-order valence-corrected chi connectivity index (χ4v) is 2.28. The van der Waals surface area contributed by atoms with Crippen LogP contribution in [0.25, 0.3) is 0 Å². The smallest absolute Gasteiger partial charge is 0.244 e. The molecule has 0 aliphatic heterocycles. The molecule has 0 aliphatic carbocycles. The number of ether oxygens (including phenoxy) is 1. The number of halogens is 1.